The van der Waals surface area contributed by atoms with Crippen LogP contribution in [-0.4, -0.2) is 48.4 Å². The van der Waals surface area contributed by atoms with Crippen molar-refractivity contribution < 1.29 is 13.2 Å². The average molecular weight is 270 g/mol. The Hall–Kier alpha value is 0.0600. The number of hydrogen-bond acceptors (Lipinski definition) is 3. The van der Waals surface area contributed by atoms with Crippen LogP contribution in [0.2, 0.25) is 0 Å². The summed E-state index contributed by atoms with van der Waals surface area (Å²) in [5.41, 5.74) is -4.09. The van der Waals surface area contributed by atoms with E-state index in [4.69, 9.17) is 0 Å². The maximum Gasteiger partial charge on any atom is 0.441 e. The van der Waals surface area contributed by atoms with Crippen LogP contribution in [0.3, 0.4) is 0 Å². The largest absolute Gasteiger partial charge is 0.441 e. The summed E-state index contributed by atoms with van der Waals surface area (Å²) in [6.07, 6.45) is 1.03. The second kappa shape index (κ2) is 6.85. The lowest BCUT2D eigenvalue weighted by Gasteiger charge is -2.37. The van der Waals surface area contributed by atoms with Crippen LogP contribution in [0.4, 0.5) is 13.2 Å². The van der Waals surface area contributed by atoms with Gasteiger partial charge in [-0.05, 0) is 37.2 Å². The van der Waals surface area contributed by atoms with Crippen molar-refractivity contribution >= 4 is 11.8 Å². The number of nitrogens with zero attached hydrogens (tertiary/aromatic N) is 1. The molecule has 1 saturated heterocycles. The number of rotatable bonds is 5. The third kappa shape index (κ3) is 5.97. The molecule has 1 aliphatic heterocycles. The van der Waals surface area contributed by atoms with Crippen molar-refractivity contribution in [3.8, 4) is 0 Å². The molecule has 1 aliphatic rings. The molecule has 2 nitrogen and oxygen atoms in total. The first kappa shape index (κ1) is 15.1. The number of halogens is 3. The van der Waals surface area contributed by atoms with Gasteiger partial charge in [0.1, 0.15) is 0 Å². The van der Waals surface area contributed by atoms with Gasteiger partial charge < -0.3 is 10.2 Å². The normalized spacial score (nSPS) is 27.4. The predicted octanol–water partition coefficient (Wildman–Crippen LogP) is 2.56. The van der Waals surface area contributed by atoms with Gasteiger partial charge in [0.15, 0.2) is 0 Å². The summed E-state index contributed by atoms with van der Waals surface area (Å²) < 4.78 is 36.0. The Morgan fingerprint density at radius 3 is 2.65 bits per heavy atom. The third-order valence-corrected chi connectivity index (χ3v) is 3.84. The topological polar surface area (TPSA) is 15.3 Å². The zero-order chi connectivity index (χ0) is 12.9. The van der Waals surface area contributed by atoms with E-state index >= 15 is 0 Å². The van der Waals surface area contributed by atoms with Crippen LogP contribution in [0.1, 0.15) is 20.3 Å². The molecule has 1 fully saturated rings. The Morgan fingerprint density at radius 1 is 1.41 bits per heavy atom. The summed E-state index contributed by atoms with van der Waals surface area (Å²) in [6, 6.07) is 0.520. The van der Waals surface area contributed by atoms with Gasteiger partial charge in [-0.25, -0.2) is 0 Å². The van der Waals surface area contributed by atoms with E-state index in [1.165, 1.54) is 0 Å². The highest BCUT2D eigenvalue weighted by molar-refractivity contribution is 8.00. The van der Waals surface area contributed by atoms with E-state index in [9.17, 15) is 13.2 Å². The van der Waals surface area contributed by atoms with Crippen molar-refractivity contribution in [2.24, 2.45) is 5.92 Å². The summed E-state index contributed by atoms with van der Waals surface area (Å²) in [5, 5.41) is 3.42. The molecule has 0 aliphatic carbocycles. The van der Waals surface area contributed by atoms with E-state index in [0.717, 1.165) is 26.1 Å². The van der Waals surface area contributed by atoms with E-state index in [1.54, 1.807) is 0 Å². The number of thioether (sulfide) groups is 1. The van der Waals surface area contributed by atoms with E-state index in [-0.39, 0.29) is 17.5 Å². The molecular weight excluding hydrogens is 249 g/mol. The lowest BCUT2D eigenvalue weighted by atomic mass is 9.94. The minimum absolute atomic E-state index is 0.0822. The van der Waals surface area contributed by atoms with Crippen LogP contribution in [0.15, 0.2) is 0 Å². The molecule has 102 valence electrons. The molecule has 0 saturated carbocycles. The molecule has 17 heavy (non-hydrogen) atoms. The first-order chi connectivity index (χ1) is 7.92. The fourth-order valence-electron chi connectivity index (χ4n) is 2.29. The first-order valence-corrected chi connectivity index (χ1v) is 7.07. The Balaban J connectivity index is 2.21. The molecule has 0 aromatic carbocycles. The van der Waals surface area contributed by atoms with E-state index in [0.29, 0.717) is 18.5 Å². The van der Waals surface area contributed by atoms with Gasteiger partial charge in [0.2, 0.25) is 0 Å². The van der Waals surface area contributed by atoms with Crippen LogP contribution >= 0.6 is 11.8 Å². The van der Waals surface area contributed by atoms with Crippen molar-refractivity contribution in [1.82, 2.24) is 10.2 Å². The average Bonchev–Trinajstić information content (AvgIpc) is 2.20. The molecule has 0 aromatic rings. The quantitative estimate of drug-likeness (QED) is 0.826. The van der Waals surface area contributed by atoms with Gasteiger partial charge in [-0.2, -0.15) is 13.2 Å². The van der Waals surface area contributed by atoms with E-state index < -0.39 is 5.51 Å². The van der Waals surface area contributed by atoms with Crippen molar-refractivity contribution in [1.29, 1.82) is 0 Å². The second-order valence-electron chi connectivity index (χ2n) is 4.52. The van der Waals surface area contributed by atoms with Crippen LogP contribution in [-0.2, 0) is 0 Å². The highest BCUT2D eigenvalue weighted by Crippen LogP contribution is 2.30. The Morgan fingerprint density at radius 2 is 2.12 bits per heavy atom. The third-order valence-electron chi connectivity index (χ3n) is 3.13. The summed E-state index contributed by atoms with van der Waals surface area (Å²) >= 11 is 0.0822. The molecule has 1 N–H and O–H groups in total. The zero-order valence-corrected chi connectivity index (χ0v) is 11.2. The molecule has 0 amide bonds. The van der Waals surface area contributed by atoms with Crippen LogP contribution in [0, 0.1) is 5.92 Å². The van der Waals surface area contributed by atoms with Crippen molar-refractivity contribution in [2.75, 3.05) is 31.9 Å². The van der Waals surface area contributed by atoms with Crippen LogP contribution < -0.4 is 5.32 Å². The Labute approximate surface area is 105 Å². The van der Waals surface area contributed by atoms with Crippen LogP contribution in [0.5, 0.6) is 0 Å². The molecule has 0 bridgehead atoms. The zero-order valence-electron chi connectivity index (χ0n) is 10.4. The van der Waals surface area contributed by atoms with Gasteiger partial charge in [0, 0.05) is 24.9 Å². The lowest BCUT2D eigenvalue weighted by Crippen LogP contribution is -2.48. The van der Waals surface area contributed by atoms with Gasteiger partial charge in [-0.15, -0.1) is 0 Å². The molecule has 0 radical (unpaired) electrons. The number of nitrogens with one attached hydrogen (secondary N) is 1. The molecule has 0 aromatic heterocycles. The number of hydrogen-bond donors (Lipinski definition) is 1. The molecule has 2 atom stereocenters. The molecule has 2 unspecified atom stereocenters. The van der Waals surface area contributed by atoms with Gasteiger partial charge in [0.25, 0.3) is 0 Å². The van der Waals surface area contributed by atoms with Crippen molar-refractivity contribution in [2.45, 2.75) is 31.8 Å². The summed E-state index contributed by atoms with van der Waals surface area (Å²) in [6.45, 7) is 7.54. The van der Waals surface area contributed by atoms with Gasteiger partial charge in [-0.1, -0.05) is 13.8 Å². The number of piperidine rings is 1. The number of likely N-dealkylation sites (tertiary alicyclic amines) is 1. The second-order valence-corrected chi connectivity index (χ2v) is 5.68. The van der Waals surface area contributed by atoms with E-state index in [1.807, 2.05) is 0 Å². The van der Waals surface area contributed by atoms with Gasteiger partial charge >= 0.3 is 5.51 Å². The fourth-order valence-corrected chi connectivity index (χ4v) is 2.87. The molecule has 1 heterocycles. The summed E-state index contributed by atoms with van der Waals surface area (Å²) in [4.78, 5) is 2.14. The molecule has 0 spiro atoms. The molecule has 1 rings (SSSR count). The maximum absolute atomic E-state index is 12.0. The Kier molecular flexibility index (Phi) is 6.09. The minimum Gasteiger partial charge on any atom is -0.314 e. The smallest absolute Gasteiger partial charge is 0.314 e. The van der Waals surface area contributed by atoms with Crippen molar-refractivity contribution in [3.05, 3.63) is 0 Å². The SMILES string of the molecule is CCNC1CCN(CCSC(F)(F)F)CC1C. The minimum atomic E-state index is -4.09. The van der Waals surface area contributed by atoms with Crippen LogP contribution in [0.25, 0.3) is 0 Å². The summed E-state index contributed by atoms with van der Waals surface area (Å²) in [7, 11) is 0. The standard InChI is InChI=1S/C11H21F3N2S/c1-3-15-10-4-5-16(8-9(10)2)6-7-17-11(12,13)14/h9-10,15H,3-8H2,1-2H3. The number of alkyl halides is 3. The maximum atomic E-state index is 12.0. The first-order valence-electron chi connectivity index (χ1n) is 6.08. The Bertz CT molecular complexity index is 223. The highest BCUT2D eigenvalue weighted by Gasteiger charge is 2.29. The van der Waals surface area contributed by atoms with E-state index in [2.05, 4.69) is 24.1 Å². The predicted molar refractivity (Wildman–Crippen MR) is 66.2 cm³/mol. The summed E-state index contributed by atoms with van der Waals surface area (Å²) in [5.74, 6) is 0.654. The van der Waals surface area contributed by atoms with Gasteiger partial charge in [-0.3, -0.25) is 0 Å². The van der Waals surface area contributed by atoms with Crippen molar-refractivity contribution in [3.63, 3.8) is 0 Å². The highest BCUT2D eigenvalue weighted by atomic mass is 32.2. The molecular formula is C11H21F3N2S. The molecule has 6 heteroatoms. The monoisotopic (exact) mass is 270 g/mol. The van der Waals surface area contributed by atoms with Gasteiger partial charge in [0.05, 0.1) is 0 Å². The fraction of sp³-hybridized carbons (Fsp3) is 1.00. The lowest BCUT2D eigenvalue weighted by molar-refractivity contribution is -0.0329.